The zero-order chi connectivity index (χ0) is 21.0. The van der Waals surface area contributed by atoms with E-state index >= 15 is 0 Å². The summed E-state index contributed by atoms with van der Waals surface area (Å²) in [6.07, 6.45) is 8.29. The lowest BCUT2D eigenvalue weighted by Gasteiger charge is -2.23. The largest absolute Gasteiger partial charge is 0.467 e. The first kappa shape index (κ1) is 20.4. The fourth-order valence-corrected chi connectivity index (χ4v) is 5.53. The molecule has 29 heavy (non-hydrogen) atoms. The van der Waals surface area contributed by atoms with Gasteiger partial charge in [0.25, 0.3) is 11.8 Å². The molecule has 3 fully saturated rings. The van der Waals surface area contributed by atoms with Gasteiger partial charge in [-0.15, -0.1) is 9.35 Å². The molecule has 11 heteroatoms. The zero-order valence-corrected chi connectivity index (χ0v) is 16.3. The summed E-state index contributed by atoms with van der Waals surface area (Å²) < 4.78 is 61.4. The van der Waals surface area contributed by atoms with Gasteiger partial charge in [-0.2, -0.15) is 17.2 Å². The van der Waals surface area contributed by atoms with Crippen molar-refractivity contribution in [2.45, 2.75) is 43.8 Å². The summed E-state index contributed by atoms with van der Waals surface area (Å²) >= 11 is 0. The van der Waals surface area contributed by atoms with Crippen LogP contribution in [0.4, 0.5) is 8.78 Å². The minimum Gasteiger partial charge on any atom is -0.460 e. The minimum atomic E-state index is -5.95. The van der Waals surface area contributed by atoms with Crippen LogP contribution in [0.25, 0.3) is 0 Å². The maximum absolute atomic E-state index is 14.3. The zero-order valence-electron chi connectivity index (χ0n) is 15.5. The third kappa shape index (κ3) is 3.27. The molecule has 0 aromatic heterocycles. The predicted octanol–water partition coefficient (Wildman–Crippen LogP) is 1.77. The predicted molar refractivity (Wildman–Crippen MR) is 92.1 cm³/mol. The van der Waals surface area contributed by atoms with E-state index in [0.29, 0.717) is 19.3 Å². The number of hydrogen-bond acceptors (Lipinski definition) is 7. The molecule has 4 unspecified atom stereocenters. The highest BCUT2D eigenvalue weighted by atomic mass is 32.2. The van der Waals surface area contributed by atoms with Crippen molar-refractivity contribution in [1.29, 1.82) is 0 Å². The number of esters is 1. The Morgan fingerprint density at radius 2 is 1.62 bits per heavy atom. The Balaban J connectivity index is 1.43. The molecule has 0 spiro atoms. The lowest BCUT2D eigenvalue weighted by Crippen LogP contribution is -2.46. The van der Waals surface area contributed by atoms with E-state index in [-0.39, 0.29) is 29.4 Å². The van der Waals surface area contributed by atoms with Crippen molar-refractivity contribution in [1.82, 2.24) is 5.06 Å². The van der Waals surface area contributed by atoms with Crippen LogP contribution in [-0.4, -0.2) is 43.1 Å². The summed E-state index contributed by atoms with van der Waals surface area (Å²) in [5.41, 5.74) is 0. The van der Waals surface area contributed by atoms with Crippen LogP contribution in [0.5, 0.6) is 0 Å². The maximum Gasteiger partial charge on any atom is 0.467 e. The molecule has 2 saturated carbocycles. The van der Waals surface area contributed by atoms with E-state index in [0.717, 1.165) is 19.3 Å². The van der Waals surface area contributed by atoms with Crippen LogP contribution in [0.2, 0.25) is 0 Å². The molecule has 0 aromatic carbocycles. The summed E-state index contributed by atoms with van der Waals surface area (Å²) in [5, 5.41) is -5.17. The van der Waals surface area contributed by atoms with Crippen LogP contribution >= 0.6 is 0 Å². The number of carbonyl (C=O) groups is 3. The molecule has 8 nitrogen and oxygen atoms in total. The molecule has 0 radical (unpaired) electrons. The van der Waals surface area contributed by atoms with Gasteiger partial charge < -0.3 is 4.74 Å². The smallest absolute Gasteiger partial charge is 0.460 e. The molecule has 4 atom stereocenters. The van der Waals surface area contributed by atoms with Gasteiger partial charge in [0, 0.05) is 0 Å². The average Bonchev–Trinajstić information content (AvgIpc) is 3.37. The van der Waals surface area contributed by atoms with Crippen molar-refractivity contribution >= 4 is 27.9 Å². The highest BCUT2D eigenvalue weighted by molar-refractivity contribution is 7.88. The van der Waals surface area contributed by atoms with Crippen molar-refractivity contribution in [3.8, 4) is 0 Å². The first-order chi connectivity index (χ1) is 13.6. The SMILES string of the molecule is O=C1C2C3C=CC(C3)C2C(=O)N1OS(=O)(=O)C(F)(F)C(=O)OCC1CCCCC1. The average molecular weight is 433 g/mol. The Labute approximate surface area is 166 Å². The molecular formula is C18H21F2NO7S. The maximum atomic E-state index is 14.3. The van der Waals surface area contributed by atoms with Crippen molar-refractivity contribution in [3.05, 3.63) is 12.2 Å². The number of nitrogens with zero attached hydrogens (tertiary/aromatic N) is 1. The Bertz CT molecular complexity index is 835. The standard InChI is InChI=1S/C18H21F2NO7S/c19-18(20,17(24)27-9-10-4-2-1-3-5-10)29(25,26)28-21-15(22)13-11-6-7-12(8-11)14(13)16(21)23/h6-7,10-14H,1-5,8-9H2. The summed E-state index contributed by atoms with van der Waals surface area (Å²) in [6.45, 7) is -0.315. The molecule has 4 aliphatic rings. The molecule has 0 aromatic rings. The monoisotopic (exact) mass is 433 g/mol. The van der Waals surface area contributed by atoms with E-state index in [1.165, 1.54) is 0 Å². The molecule has 4 rings (SSSR count). The Morgan fingerprint density at radius 1 is 1.07 bits per heavy atom. The molecule has 160 valence electrons. The van der Waals surface area contributed by atoms with Crippen LogP contribution in [0.15, 0.2) is 12.2 Å². The molecule has 3 aliphatic carbocycles. The second kappa shape index (κ2) is 7.12. The van der Waals surface area contributed by atoms with E-state index in [1.54, 1.807) is 12.2 Å². The molecular weight excluding hydrogens is 412 g/mol. The van der Waals surface area contributed by atoms with Crippen LogP contribution in [0.3, 0.4) is 0 Å². The van der Waals surface area contributed by atoms with Gasteiger partial charge in [0.05, 0.1) is 18.4 Å². The van der Waals surface area contributed by atoms with Crippen molar-refractivity contribution < 1.29 is 40.6 Å². The summed E-state index contributed by atoms with van der Waals surface area (Å²) in [5.74, 6) is -6.48. The van der Waals surface area contributed by atoms with Gasteiger partial charge in [-0.1, -0.05) is 31.4 Å². The van der Waals surface area contributed by atoms with Crippen LogP contribution in [-0.2, 0) is 33.5 Å². The lowest BCUT2D eigenvalue weighted by atomic mass is 9.85. The van der Waals surface area contributed by atoms with Crippen molar-refractivity contribution in [2.24, 2.45) is 29.6 Å². The lowest BCUT2D eigenvalue weighted by molar-refractivity contribution is -0.173. The number of alkyl halides is 2. The topological polar surface area (TPSA) is 107 Å². The summed E-state index contributed by atoms with van der Waals surface area (Å²) in [7, 11) is -5.95. The number of allylic oxidation sites excluding steroid dienone is 2. The molecule has 0 N–H and O–H groups in total. The number of carbonyl (C=O) groups excluding carboxylic acids is 3. The normalized spacial score (nSPS) is 32.1. The van der Waals surface area contributed by atoms with Gasteiger partial charge in [-0.05, 0) is 37.0 Å². The number of ether oxygens (including phenoxy) is 1. The van der Waals surface area contributed by atoms with Gasteiger partial charge in [-0.3, -0.25) is 9.59 Å². The number of rotatable bonds is 6. The molecule has 1 heterocycles. The summed E-state index contributed by atoms with van der Waals surface area (Å²) in [4.78, 5) is 36.6. The van der Waals surface area contributed by atoms with E-state index in [2.05, 4.69) is 9.02 Å². The third-order valence-electron chi connectivity index (χ3n) is 6.33. The first-order valence-corrected chi connectivity index (χ1v) is 11.1. The number of amides is 2. The highest BCUT2D eigenvalue weighted by Crippen LogP contribution is 2.52. The number of hydroxylamine groups is 2. The Hall–Kier alpha value is -1.88. The number of hydrogen-bond donors (Lipinski definition) is 0. The quantitative estimate of drug-likeness (QED) is 0.357. The van der Waals surface area contributed by atoms with E-state index < -0.39 is 45.0 Å². The number of imide groups is 1. The number of halogens is 2. The van der Waals surface area contributed by atoms with Gasteiger partial charge >= 0.3 is 21.3 Å². The number of fused-ring (bicyclic) bond motifs is 5. The first-order valence-electron chi connectivity index (χ1n) is 9.69. The molecule has 1 aliphatic heterocycles. The van der Waals surface area contributed by atoms with Crippen LogP contribution in [0.1, 0.15) is 38.5 Å². The van der Waals surface area contributed by atoms with Gasteiger partial charge in [-0.25, -0.2) is 4.79 Å². The minimum absolute atomic E-state index is 0.101. The Morgan fingerprint density at radius 3 is 2.17 bits per heavy atom. The van der Waals surface area contributed by atoms with Crippen LogP contribution < -0.4 is 0 Å². The van der Waals surface area contributed by atoms with Gasteiger partial charge in [0.2, 0.25) is 0 Å². The third-order valence-corrected chi connectivity index (χ3v) is 7.47. The van der Waals surface area contributed by atoms with Gasteiger partial charge in [0.15, 0.2) is 0 Å². The van der Waals surface area contributed by atoms with Crippen molar-refractivity contribution in [2.75, 3.05) is 6.61 Å². The van der Waals surface area contributed by atoms with Crippen LogP contribution in [0, 0.1) is 29.6 Å². The second-order valence-electron chi connectivity index (χ2n) is 8.12. The Kier molecular flexibility index (Phi) is 5.01. The fourth-order valence-electron chi connectivity index (χ4n) is 4.83. The molecule has 1 saturated heterocycles. The van der Waals surface area contributed by atoms with E-state index in [1.807, 2.05) is 0 Å². The van der Waals surface area contributed by atoms with Gasteiger partial charge in [0.1, 0.15) is 0 Å². The molecule has 2 bridgehead atoms. The van der Waals surface area contributed by atoms with E-state index in [9.17, 15) is 31.6 Å². The summed E-state index contributed by atoms with van der Waals surface area (Å²) in [6, 6.07) is 0. The fraction of sp³-hybridized carbons (Fsp3) is 0.722. The second-order valence-corrected chi connectivity index (χ2v) is 9.69. The molecule has 2 amide bonds. The highest BCUT2D eigenvalue weighted by Gasteiger charge is 2.64. The van der Waals surface area contributed by atoms with E-state index in [4.69, 9.17) is 0 Å². The van der Waals surface area contributed by atoms with Crippen molar-refractivity contribution in [3.63, 3.8) is 0 Å².